The molecule has 1 aromatic carbocycles. The Morgan fingerprint density at radius 1 is 1.35 bits per heavy atom. The van der Waals surface area contributed by atoms with E-state index < -0.39 is 15.1 Å². The van der Waals surface area contributed by atoms with E-state index in [1.807, 2.05) is 24.8 Å². The molecule has 4 rings (SSSR count). The van der Waals surface area contributed by atoms with Gasteiger partial charge in [0.2, 0.25) is 5.91 Å². The fourth-order valence-corrected chi connectivity index (χ4v) is 5.69. The van der Waals surface area contributed by atoms with Gasteiger partial charge in [-0.15, -0.1) is 21.6 Å². The van der Waals surface area contributed by atoms with E-state index in [0.29, 0.717) is 37.3 Å². The molecular weight excluding hydrogens is 477 g/mol. The smallest absolute Gasteiger partial charge is 0.332 e. The highest BCUT2D eigenvalue weighted by Crippen LogP contribution is 2.27. The lowest BCUT2D eigenvalue weighted by atomic mass is 10.1. The molecule has 0 aliphatic carbocycles. The summed E-state index contributed by atoms with van der Waals surface area (Å²) >= 11 is 1.48. The van der Waals surface area contributed by atoms with E-state index in [2.05, 4.69) is 26.0 Å². The van der Waals surface area contributed by atoms with Crippen LogP contribution in [0.4, 0.5) is 3.89 Å². The van der Waals surface area contributed by atoms with E-state index in [0.717, 1.165) is 27.3 Å². The zero-order valence-corrected chi connectivity index (χ0v) is 20.4. The molecule has 11 heteroatoms. The molecule has 1 saturated heterocycles. The molecule has 0 saturated carbocycles. The first-order valence-corrected chi connectivity index (χ1v) is 12.9. The molecule has 1 aliphatic rings. The Morgan fingerprint density at radius 2 is 2.15 bits per heavy atom. The lowest BCUT2D eigenvalue weighted by molar-refractivity contribution is -0.135. The predicted molar refractivity (Wildman–Crippen MR) is 127 cm³/mol. The summed E-state index contributed by atoms with van der Waals surface area (Å²) in [4.78, 5) is 22.1. The number of H-pyrrole nitrogens is 1. The van der Waals surface area contributed by atoms with Crippen LogP contribution < -0.4 is 0 Å². The first-order valence-electron chi connectivity index (χ1n) is 10.7. The number of hydrogen-bond acceptors (Lipinski definition) is 7. The molecule has 0 spiro atoms. The third kappa shape index (κ3) is 5.35. The topological polar surface area (TPSA) is 99.3 Å². The summed E-state index contributed by atoms with van der Waals surface area (Å²) < 4.78 is 36.2. The number of halogens is 1. The second-order valence-electron chi connectivity index (χ2n) is 8.29. The first-order chi connectivity index (χ1) is 16.1. The number of benzene rings is 1. The average molecular weight is 502 g/mol. The highest BCUT2D eigenvalue weighted by molar-refractivity contribution is 7.86. The Labute approximate surface area is 202 Å². The van der Waals surface area contributed by atoms with Crippen LogP contribution in [0.25, 0.3) is 10.7 Å². The van der Waals surface area contributed by atoms with Gasteiger partial charge in [-0.3, -0.25) is 14.8 Å². The number of aromatic amines is 1. The molecule has 1 amide bonds. The molecule has 0 unspecified atom stereocenters. The predicted octanol–water partition coefficient (Wildman–Crippen LogP) is 2.76. The third-order valence-corrected chi connectivity index (χ3v) is 7.78. The number of hydrogen-bond donors (Lipinski definition) is 1. The van der Waals surface area contributed by atoms with Crippen LogP contribution in [0.15, 0.2) is 35.4 Å². The maximum absolute atomic E-state index is 13.5. The zero-order chi connectivity index (χ0) is 24.5. The van der Waals surface area contributed by atoms with Gasteiger partial charge in [-0.05, 0) is 43.7 Å². The molecule has 0 radical (unpaired) electrons. The van der Waals surface area contributed by atoms with Crippen molar-refractivity contribution in [3.8, 4) is 23.0 Å². The largest absolute Gasteiger partial charge is 0.337 e. The molecule has 1 fully saturated rings. The third-order valence-electron chi connectivity index (χ3n) is 5.79. The van der Waals surface area contributed by atoms with Gasteiger partial charge in [-0.2, -0.15) is 13.5 Å². The van der Waals surface area contributed by atoms with Gasteiger partial charge in [-0.25, -0.2) is 4.98 Å². The van der Waals surface area contributed by atoms with Crippen molar-refractivity contribution in [2.24, 2.45) is 0 Å². The monoisotopic (exact) mass is 501 g/mol. The highest BCUT2D eigenvalue weighted by atomic mass is 32.3. The van der Waals surface area contributed by atoms with Crippen molar-refractivity contribution in [3.63, 3.8) is 0 Å². The van der Waals surface area contributed by atoms with Crippen LogP contribution in [0.1, 0.15) is 28.6 Å². The summed E-state index contributed by atoms with van der Waals surface area (Å²) in [6.45, 7) is 6.03. The van der Waals surface area contributed by atoms with E-state index in [1.165, 1.54) is 17.4 Å². The molecule has 8 nitrogen and oxygen atoms in total. The number of aromatic nitrogens is 3. The molecule has 34 heavy (non-hydrogen) atoms. The summed E-state index contributed by atoms with van der Waals surface area (Å²) in [5, 5.41) is 7.65. The average Bonchev–Trinajstić information content (AvgIpc) is 3.43. The van der Waals surface area contributed by atoms with Gasteiger partial charge in [0.25, 0.3) is 0 Å². The standard InChI is InChI=1S/C23H24FN5O3S2/c1-4-17-9-18(11-19(10-17)34(24,31)32)14-28-7-8-29(15(2)13-28)22(30)12-21-16(3)26-23(33-21)20-5-6-25-27-20/h1,5-6,9-11,15H,7-8,12-14H2,2-3H3,(H,25,27)/t15-/m1/s1. The second kappa shape index (κ2) is 9.66. The van der Waals surface area contributed by atoms with Crippen LogP contribution in [-0.4, -0.2) is 65.0 Å². The van der Waals surface area contributed by atoms with Gasteiger partial charge in [-0.1, -0.05) is 5.92 Å². The molecule has 2 aromatic heterocycles. The Bertz CT molecular complexity index is 1350. The van der Waals surface area contributed by atoms with Gasteiger partial charge >= 0.3 is 10.2 Å². The van der Waals surface area contributed by atoms with Gasteiger partial charge in [0.1, 0.15) is 9.90 Å². The van der Waals surface area contributed by atoms with Crippen LogP contribution in [0, 0.1) is 19.3 Å². The van der Waals surface area contributed by atoms with Crippen molar-refractivity contribution in [1.82, 2.24) is 25.0 Å². The quantitative estimate of drug-likeness (QED) is 0.412. The number of thiazole rings is 1. The lowest BCUT2D eigenvalue weighted by Crippen LogP contribution is -2.54. The van der Waals surface area contributed by atoms with E-state index in [9.17, 15) is 17.1 Å². The Balaban J connectivity index is 1.40. The number of nitrogens with zero attached hydrogens (tertiary/aromatic N) is 4. The molecule has 1 N–H and O–H groups in total. The van der Waals surface area contributed by atoms with Crippen molar-refractivity contribution in [1.29, 1.82) is 0 Å². The minimum atomic E-state index is -4.85. The summed E-state index contributed by atoms with van der Waals surface area (Å²) in [7, 11) is -4.85. The Kier molecular flexibility index (Phi) is 6.84. The number of nitrogens with one attached hydrogen (secondary N) is 1. The van der Waals surface area contributed by atoms with Crippen LogP contribution in [0.2, 0.25) is 0 Å². The minimum absolute atomic E-state index is 0.0372. The number of amides is 1. The summed E-state index contributed by atoms with van der Waals surface area (Å²) in [6, 6.07) is 5.94. The molecule has 0 bridgehead atoms. The van der Waals surface area contributed by atoms with Crippen molar-refractivity contribution in [3.05, 3.63) is 52.2 Å². The fraction of sp³-hybridized carbons (Fsp3) is 0.348. The SMILES string of the molecule is C#Cc1cc(CN2CCN(C(=O)Cc3sc(-c4ccn[nH]4)nc3C)[C@H](C)C2)cc(S(=O)(=O)F)c1. The maximum atomic E-state index is 13.5. The number of carbonyl (C=O) groups is 1. The summed E-state index contributed by atoms with van der Waals surface area (Å²) in [5.74, 6) is 2.41. The van der Waals surface area contributed by atoms with Crippen LogP contribution >= 0.6 is 11.3 Å². The van der Waals surface area contributed by atoms with Crippen LogP contribution in [-0.2, 0) is 28.0 Å². The van der Waals surface area contributed by atoms with Gasteiger partial charge in [0.15, 0.2) is 0 Å². The number of terminal acetylenes is 1. The van der Waals surface area contributed by atoms with E-state index in [4.69, 9.17) is 6.42 Å². The molecule has 178 valence electrons. The number of piperazine rings is 1. The molecular formula is C23H24FN5O3S2. The first kappa shape index (κ1) is 24.1. The molecule has 1 atom stereocenters. The molecule has 1 aliphatic heterocycles. The second-order valence-corrected chi connectivity index (χ2v) is 10.7. The highest BCUT2D eigenvalue weighted by Gasteiger charge is 2.28. The number of rotatable bonds is 6. The van der Waals surface area contributed by atoms with Gasteiger partial charge in [0, 0.05) is 48.9 Å². The number of aryl methyl sites for hydroxylation is 1. The Hall–Kier alpha value is -3.07. The molecule has 3 heterocycles. The van der Waals surface area contributed by atoms with Gasteiger partial charge in [0.05, 0.1) is 17.8 Å². The normalized spacial score (nSPS) is 17.0. The lowest BCUT2D eigenvalue weighted by Gasteiger charge is -2.40. The zero-order valence-electron chi connectivity index (χ0n) is 18.8. The fourth-order valence-electron chi connectivity index (χ4n) is 4.10. The van der Waals surface area contributed by atoms with Crippen molar-refractivity contribution < 1.29 is 17.1 Å². The van der Waals surface area contributed by atoms with Crippen molar-refractivity contribution >= 4 is 27.5 Å². The minimum Gasteiger partial charge on any atom is -0.337 e. The van der Waals surface area contributed by atoms with Gasteiger partial charge < -0.3 is 4.90 Å². The summed E-state index contributed by atoms with van der Waals surface area (Å²) in [6.07, 6.45) is 7.35. The van der Waals surface area contributed by atoms with E-state index in [1.54, 1.807) is 12.3 Å². The Morgan fingerprint density at radius 3 is 2.79 bits per heavy atom. The molecule has 3 aromatic rings. The van der Waals surface area contributed by atoms with E-state index in [-0.39, 0.29) is 18.4 Å². The maximum Gasteiger partial charge on any atom is 0.332 e. The van der Waals surface area contributed by atoms with Crippen molar-refractivity contribution in [2.45, 2.75) is 37.8 Å². The number of carbonyl (C=O) groups excluding carboxylic acids is 1. The van der Waals surface area contributed by atoms with E-state index >= 15 is 0 Å². The van der Waals surface area contributed by atoms with Crippen LogP contribution in [0.3, 0.4) is 0 Å². The van der Waals surface area contributed by atoms with Crippen LogP contribution in [0.5, 0.6) is 0 Å². The summed E-state index contributed by atoms with van der Waals surface area (Å²) in [5.41, 5.74) is 2.59. The van der Waals surface area contributed by atoms with Crippen molar-refractivity contribution in [2.75, 3.05) is 19.6 Å².